The molecule has 0 aromatic heterocycles. The van der Waals surface area contributed by atoms with Crippen molar-refractivity contribution in [3.63, 3.8) is 0 Å². The van der Waals surface area contributed by atoms with E-state index in [1.165, 1.54) is 5.56 Å². The molecule has 2 aliphatic rings. The van der Waals surface area contributed by atoms with E-state index in [9.17, 15) is 9.59 Å². The van der Waals surface area contributed by atoms with E-state index < -0.39 is 5.97 Å². The van der Waals surface area contributed by atoms with Gasteiger partial charge in [-0.15, -0.1) is 0 Å². The number of aliphatic carboxylic acids is 1. The van der Waals surface area contributed by atoms with Crippen molar-refractivity contribution in [2.75, 3.05) is 19.8 Å². The molecule has 3 aromatic rings. The summed E-state index contributed by atoms with van der Waals surface area (Å²) in [5.41, 5.74) is 6.55. The number of nitrogens with one attached hydrogen (secondary N) is 1. The molecule has 7 nitrogen and oxygen atoms in total. The Balaban J connectivity index is 1.23. The van der Waals surface area contributed by atoms with Gasteiger partial charge >= 0.3 is 5.97 Å². The zero-order chi connectivity index (χ0) is 26.6. The molecule has 2 atom stereocenters. The SMILES string of the molecule is Cc1cc(OCC2CCC(=O)NC2)cc(C)c1-c1cccc(COc2ccc3c(c2)OCC3CC(=O)O)c1. The van der Waals surface area contributed by atoms with E-state index in [0.717, 1.165) is 40.0 Å². The predicted octanol–water partition coefficient (Wildman–Crippen LogP) is 5.41. The first-order valence-electron chi connectivity index (χ1n) is 13.1. The van der Waals surface area contributed by atoms with Gasteiger partial charge in [-0.3, -0.25) is 9.59 Å². The lowest BCUT2D eigenvalue weighted by Gasteiger charge is -2.23. The average Bonchev–Trinajstić information content (AvgIpc) is 3.28. The number of aryl methyl sites for hydroxylation is 2. The number of hydrogen-bond donors (Lipinski definition) is 2. The summed E-state index contributed by atoms with van der Waals surface area (Å²) in [6.45, 7) is 6.26. The quantitative estimate of drug-likeness (QED) is 0.396. The normalized spacial score (nSPS) is 18.3. The van der Waals surface area contributed by atoms with Crippen LogP contribution in [0.2, 0.25) is 0 Å². The first kappa shape index (κ1) is 25.6. The third-order valence-corrected chi connectivity index (χ3v) is 7.27. The third kappa shape index (κ3) is 5.93. The Morgan fingerprint density at radius 3 is 2.61 bits per heavy atom. The minimum Gasteiger partial charge on any atom is -0.493 e. The van der Waals surface area contributed by atoms with Crippen molar-refractivity contribution in [1.82, 2.24) is 5.32 Å². The van der Waals surface area contributed by atoms with Crippen LogP contribution in [0.15, 0.2) is 54.6 Å². The van der Waals surface area contributed by atoms with Crippen molar-refractivity contribution in [2.45, 2.75) is 45.6 Å². The van der Waals surface area contributed by atoms with Gasteiger partial charge in [-0.25, -0.2) is 0 Å². The maximum Gasteiger partial charge on any atom is 0.304 e. The summed E-state index contributed by atoms with van der Waals surface area (Å²) >= 11 is 0. The van der Waals surface area contributed by atoms with Gasteiger partial charge in [-0.1, -0.05) is 24.3 Å². The monoisotopic (exact) mass is 515 g/mol. The molecule has 5 rings (SSSR count). The van der Waals surface area contributed by atoms with Crippen molar-refractivity contribution < 1.29 is 28.9 Å². The summed E-state index contributed by atoms with van der Waals surface area (Å²) in [6, 6.07) is 18.1. The molecule has 198 valence electrons. The van der Waals surface area contributed by atoms with Crippen molar-refractivity contribution in [2.24, 2.45) is 5.92 Å². The predicted molar refractivity (Wildman–Crippen MR) is 144 cm³/mol. The average molecular weight is 516 g/mol. The number of carbonyl (C=O) groups is 2. The molecule has 3 aromatic carbocycles. The molecular formula is C31H33NO6. The molecule has 2 unspecified atom stereocenters. The van der Waals surface area contributed by atoms with E-state index >= 15 is 0 Å². The first-order valence-corrected chi connectivity index (χ1v) is 13.1. The van der Waals surface area contributed by atoms with E-state index in [0.29, 0.717) is 50.2 Å². The lowest BCUT2D eigenvalue weighted by molar-refractivity contribution is -0.137. The smallest absolute Gasteiger partial charge is 0.304 e. The van der Waals surface area contributed by atoms with E-state index in [-0.39, 0.29) is 18.2 Å². The number of piperidine rings is 1. The highest BCUT2D eigenvalue weighted by Gasteiger charge is 2.26. The molecule has 0 aliphatic carbocycles. The molecule has 0 saturated carbocycles. The van der Waals surface area contributed by atoms with Crippen molar-refractivity contribution >= 4 is 11.9 Å². The molecule has 2 heterocycles. The lowest BCUT2D eigenvalue weighted by Crippen LogP contribution is -2.37. The van der Waals surface area contributed by atoms with Crippen LogP contribution in [-0.2, 0) is 16.2 Å². The fraction of sp³-hybridized carbons (Fsp3) is 0.355. The molecule has 1 fully saturated rings. The van der Waals surface area contributed by atoms with Crippen molar-refractivity contribution in [3.8, 4) is 28.4 Å². The van der Waals surface area contributed by atoms with E-state index in [1.807, 2.05) is 30.3 Å². The van der Waals surface area contributed by atoms with Crippen LogP contribution in [0.3, 0.4) is 0 Å². The molecule has 0 bridgehead atoms. The number of amides is 1. The zero-order valence-electron chi connectivity index (χ0n) is 21.8. The van der Waals surface area contributed by atoms with Crippen LogP contribution in [0.5, 0.6) is 17.2 Å². The van der Waals surface area contributed by atoms with Crippen LogP contribution in [0.4, 0.5) is 0 Å². The summed E-state index contributed by atoms with van der Waals surface area (Å²) in [4.78, 5) is 22.5. The van der Waals surface area contributed by atoms with Crippen LogP contribution < -0.4 is 19.5 Å². The van der Waals surface area contributed by atoms with E-state index in [1.54, 1.807) is 0 Å². The highest BCUT2D eigenvalue weighted by molar-refractivity contribution is 5.76. The number of benzene rings is 3. The van der Waals surface area contributed by atoms with Gasteiger partial charge < -0.3 is 24.6 Å². The van der Waals surface area contributed by atoms with Gasteiger partial charge in [-0.05, 0) is 72.4 Å². The first-order chi connectivity index (χ1) is 18.4. The highest BCUT2D eigenvalue weighted by Crippen LogP contribution is 2.38. The Labute approximate surface area is 222 Å². The maximum atomic E-state index is 11.4. The maximum absolute atomic E-state index is 11.4. The molecule has 2 aliphatic heterocycles. The molecule has 1 amide bonds. The summed E-state index contributed by atoms with van der Waals surface area (Å²) in [5.74, 6) is 1.76. The lowest BCUT2D eigenvalue weighted by atomic mass is 9.94. The Kier molecular flexibility index (Phi) is 7.54. The van der Waals surface area contributed by atoms with Gasteiger partial charge in [0, 0.05) is 36.4 Å². The topological polar surface area (TPSA) is 94.1 Å². The fourth-order valence-corrected chi connectivity index (χ4v) is 5.31. The van der Waals surface area contributed by atoms with Crippen LogP contribution in [0.25, 0.3) is 11.1 Å². The molecule has 0 spiro atoms. The molecule has 1 saturated heterocycles. The van der Waals surface area contributed by atoms with Gasteiger partial charge in [0.2, 0.25) is 5.91 Å². The number of carboxylic acid groups (broad SMARTS) is 1. The fourth-order valence-electron chi connectivity index (χ4n) is 5.31. The van der Waals surface area contributed by atoms with Gasteiger partial charge in [0.15, 0.2) is 0 Å². The van der Waals surface area contributed by atoms with Crippen molar-refractivity contribution in [3.05, 3.63) is 76.9 Å². The minimum atomic E-state index is -0.824. The van der Waals surface area contributed by atoms with Crippen LogP contribution >= 0.6 is 0 Å². The van der Waals surface area contributed by atoms with Crippen LogP contribution in [-0.4, -0.2) is 36.7 Å². The molecule has 0 radical (unpaired) electrons. The Hall–Kier alpha value is -4.00. The Bertz CT molecular complexity index is 1320. The van der Waals surface area contributed by atoms with Crippen LogP contribution in [0, 0.1) is 19.8 Å². The summed E-state index contributed by atoms with van der Waals surface area (Å²) in [6.07, 6.45) is 1.49. The standard InChI is InChI=1S/C31H33NO6/c1-19-10-26(37-17-22-6-9-29(33)32-15-22)11-20(2)31(19)23-5-3-4-21(12-23)16-36-25-7-8-27-24(13-30(34)35)18-38-28(27)14-25/h3-5,7-8,10-12,14,22,24H,6,9,13,15-18H2,1-2H3,(H,32,33)(H,34,35). The second-order valence-corrected chi connectivity index (χ2v) is 10.2. The number of hydrogen-bond acceptors (Lipinski definition) is 5. The number of ether oxygens (including phenoxy) is 3. The summed E-state index contributed by atoms with van der Waals surface area (Å²) < 4.78 is 17.9. The zero-order valence-corrected chi connectivity index (χ0v) is 21.8. The summed E-state index contributed by atoms with van der Waals surface area (Å²) in [7, 11) is 0. The molecule has 7 heteroatoms. The van der Waals surface area contributed by atoms with Gasteiger partial charge in [0.25, 0.3) is 0 Å². The van der Waals surface area contributed by atoms with Gasteiger partial charge in [0.05, 0.1) is 19.6 Å². The molecule has 2 N–H and O–H groups in total. The van der Waals surface area contributed by atoms with Gasteiger partial charge in [0.1, 0.15) is 23.9 Å². The number of fused-ring (bicyclic) bond motifs is 1. The number of rotatable bonds is 9. The second kappa shape index (κ2) is 11.2. The van der Waals surface area contributed by atoms with Crippen molar-refractivity contribution in [1.29, 1.82) is 0 Å². The third-order valence-electron chi connectivity index (χ3n) is 7.27. The molecule has 38 heavy (non-hydrogen) atoms. The highest BCUT2D eigenvalue weighted by atomic mass is 16.5. The van der Waals surface area contributed by atoms with Crippen LogP contribution in [0.1, 0.15) is 47.4 Å². The number of carboxylic acids is 1. The van der Waals surface area contributed by atoms with Gasteiger partial charge in [-0.2, -0.15) is 0 Å². The Morgan fingerprint density at radius 2 is 1.87 bits per heavy atom. The minimum absolute atomic E-state index is 0.0616. The van der Waals surface area contributed by atoms with E-state index in [4.69, 9.17) is 19.3 Å². The second-order valence-electron chi connectivity index (χ2n) is 10.2. The molecular weight excluding hydrogens is 482 g/mol. The van der Waals surface area contributed by atoms with E-state index in [2.05, 4.69) is 43.4 Å². The largest absolute Gasteiger partial charge is 0.493 e. The Morgan fingerprint density at radius 1 is 1.05 bits per heavy atom. The summed E-state index contributed by atoms with van der Waals surface area (Å²) in [5, 5.41) is 12.0. The number of carbonyl (C=O) groups excluding carboxylic acids is 1.